The quantitative estimate of drug-likeness (QED) is 0.300. The largest absolute Gasteiger partial charge is 0.310 e. The second-order valence-corrected chi connectivity index (χ2v) is 13.4. The summed E-state index contributed by atoms with van der Waals surface area (Å²) in [6, 6.07) is 23.2. The normalized spacial score (nSPS) is 14.0. The standard InChI is InChI=1S/C28H26N4O4S2/c1-17-3-11-21(12-4-17)37(33,34)27(29)23-15-9-19-7-8-20-10-16-24(32-26(20)25(19)31-23)28(30)38(35,36)22-13-5-18(2)6-14-22/h3-16,27-28H,29-30H2,1-2H3. The monoisotopic (exact) mass is 546 g/mol. The molecule has 0 aliphatic carbocycles. The van der Waals surface area contributed by atoms with Crippen molar-refractivity contribution in [2.75, 3.05) is 0 Å². The van der Waals surface area contributed by atoms with Crippen molar-refractivity contribution in [1.82, 2.24) is 9.97 Å². The number of pyridine rings is 2. The van der Waals surface area contributed by atoms with Gasteiger partial charge in [0.15, 0.2) is 30.4 Å². The minimum absolute atomic E-state index is 0.100. The number of rotatable bonds is 6. The number of nitrogens with zero attached hydrogens (tertiary/aromatic N) is 2. The van der Waals surface area contributed by atoms with Gasteiger partial charge < -0.3 is 11.5 Å². The molecular weight excluding hydrogens is 520 g/mol. The Morgan fingerprint density at radius 2 is 0.842 bits per heavy atom. The second kappa shape index (κ2) is 9.55. The summed E-state index contributed by atoms with van der Waals surface area (Å²) in [6.07, 6.45) is 0. The number of hydrogen-bond acceptors (Lipinski definition) is 8. The Hall–Kier alpha value is -3.70. The Morgan fingerprint density at radius 1 is 0.526 bits per heavy atom. The van der Waals surface area contributed by atoms with Crippen molar-refractivity contribution in [1.29, 1.82) is 0 Å². The predicted molar refractivity (Wildman–Crippen MR) is 148 cm³/mol. The van der Waals surface area contributed by atoms with Crippen LogP contribution in [-0.2, 0) is 19.7 Å². The number of hydrogen-bond donors (Lipinski definition) is 2. The summed E-state index contributed by atoms with van der Waals surface area (Å²) in [6.45, 7) is 3.73. The third-order valence-electron chi connectivity index (χ3n) is 6.51. The summed E-state index contributed by atoms with van der Waals surface area (Å²) < 4.78 is 52.8. The highest BCUT2D eigenvalue weighted by molar-refractivity contribution is 7.92. The van der Waals surface area contributed by atoms with E-state index in [1.807, 2.05) is 26.0 Å². The number of sulfone groups is 2. The van der Waals surface area contributed by atoms with Crippen LogP contribution in [0.15, 0.2) is 94.7 Å². The van der Waals surface area contributed by atoms with Crippen LogP contribution in [-0.4, -0.2) is 26.8 Å². The van der Waals surface area contributed by atoms with Crippen LogP contribution in [0.1, 0.15) is 33.3 Å². The molecule has 2 atom stereocenters. The summed E-state index contributed by atoms with van der Waals surface area (Å²) in [5.74, 6) is 0. The average molecular weight is 547 g/mol. The molecule has 3 aromatic carbocycles. The molecule has 2 heterocycles. The van der Waals surface area contributed by atoms with Crippen LogP contribution in [0.25, 0.3) is 21.8 Å². The van der Waals surface area contributed by atoms with Crippen LogP contribution in [0.3, 0.4) is 0 Å². The van der Waals surface area contributed by atoms with Gasteiger partial charge in [0.2, 0.25) is 0 Å². The topological polar surface area (TPSA) is 146 Å². The Kier molecular flexibility index (Phi) is 6.52. The molecule has 38 heavy (non-hydrogen) atoms. The fourth-order valence-electron chi connectivity index (χ4n) is 4.18. The van der Waals surface area contributed by atoms with Crippen LogP contribution >= 0.6 is 0 Å². The van der Waals surface area contributed by atoms with E-state index in [1.54, 1.807) is 48.5 Å². The van der Waals surface area contributed by atoms with E-state index in [0.717, 1.165) is 11.1 Å². The zero-order chi connectivity index (χ0) is 27.2. The second-order valence-electron chi connectivity index (χ2n) is 9.24. The molecule has 2 aromatic heterocycles. The fraction of sp³-hybridized carbons (Fsp3) is 0.143. The lowest BCUT2D eigenvalue weighted by atomic mass is 10.1. The summed E-state index contributed by atoms with van der Waals surface area (Å²) in [4.78, 5) is 9.37. The minimum atomic E-state index is -3.91. The van der Waals surface area contributed by atoms with Crippen molar-refractivity contribution in [3.8, 4) is 0 Å². The van der Waals surface area contributed by atoms with E-state index in [0.29, 0.717) is 21.8 Å². The van der Waals surface area contributed by atoms with E-state index >= 15 is 0 Å². The van der Waals surface area contributed by atoms with Crippen molar-refractivity contribution in [3.05, 3.63) is 107 Å². The lowest BCUT2D eigenvalue weighted by Crippen LogP contribution is -2.23. The van der Waals surface area contributed by atoms with Gasteiger partial charge >= 0.3 is 0 Å². The van der Waals surface area contributed by atoms with Crippen LogP contribution in [0.4, 0.5) is 0 Å². The highest BCUT2D eigenvalue weighted by Crippen LogP contribution is 2.30. The summed E-state index contributed by atoms with van der Waals surface area (Å²) >= 11 is 0. The highest BCUT2D eigenvalue weighted by atomic mass is 32.2. The van der Waals surface area contributed by atoms with E-state index in [4.69, 9.17) is 11.5 Å². The van der Waals surface area contributed by atoms with Gasteiger partial charge in [-0.1, -0.05) is 59.7 Å². The molecule has 4 N–H and O–H groups in total. The molecule has 0 radical (unpaired) electrons. The molecule has 0 amide bonds. The maximum atomic E-state index is 13.2. The Balaban J connectivity index is 1.60. The Morgan fingerprint density at radius 3 is 1.18 bits per heavy atom. The van der Waals surface area contributed by atoms with Gasteiger partial charge in [-0.25, -0.2) is 26.8 Å². The minimum Gasteiger partial charge on any atom is -0.310 e. The number of aryl methyl sites for hydroxylation is 2. The first-order valence-electron chi connectivity index (χ1n) is 11.8. The van der Waals surface area contributed by atoms with Crippen molar-refractivity contribution >= 4 is 41.5 Å². The lowest BCUT2D eigenvalue weighted by molar-refractivity contribution is 0.580. The SMILES string of the molecule is Cc1ccc(S(=O)(=O)C(N)c2ccc3ccc4ccc(C(N)S(=O)(=O)c5ccc(C)cc5)nc4c3n2)cc1. The summed E-state index contributed by atoms with van der Waals surface area (Å²) in [5, 5.41) is -1.42. The summed E-state index contributed by atoms with van der Waals surface area (Å²) in [7, 11) is -7.82. The molecule has 194 valence electrons. The first-order valence-corrected chi connectivity index (χ1v) is 14.9. The molecular formula is C28H26N4O4S2. The van der Waals surface area contributed by atoms with Gasteiger partial charge in [0, 0.05) is 10.8 Å². The summed E-state index contributed by atoms with van der Waals surface area (Å²) in [5.41, 5.74) is 15.4. The van der Waals surface area contributed by atoms with Gasteiger partial charge in [0.1, 0.15) is 0 Å². The predicted octanol–water partition coefficient (Wildman–Crippen LogP) is 4.26. The van der Waals surface area contributed by atoms with E-state index in [1.165, 1.54) is 24.3 Å². The molecule has 2 unspecified atom stereocenters. The smallest absolute Gasteiger partial charge is 0.199 e. The van der Waals surface area contributed by atoms with Gasteiger partial charge in [-0.05, 0) is 50.2 Å². The van der Waals surface area contributed by atoms with E-state index in [-0.39, 0.29) is 21.2 Å². The van der Waals surface area contributed by atoms with Crippen LogP contribution in [0.5, 0.6) is 0 Å². The molecule has 0 aliphatic heterocycles. The van der Waals surface area contributed by atoms with Crippen LogP contribution < -0.4 is 11.5 Å². The molecule has 5 aromatic rings. The molecule has 0 saturated heterocycles. The molecule has 0 bridgehead atoms. The van der Waals surface area contributed by atoms with Gasteiger partial charge in [0.05, 0.1) is 32.2 Å². The van der Waals surface area contributed by atoms with E-state index in [9.17, 15) is 16.8 Å². The number of nitrogens with two attached hydrogens (primary N) is 2. The first kappa shape index (κ1) is 25.9. The molecule has 10 heteroatoms. The van der Waals surface area contributed by atoms with Gasteiger partial charge in [-0.15, -0.1) is 0 Å². The Bertz CT molecular complexity index is 1750. The third-order valence-corrected chi connectivity index (χ3v) is 10.2. The molecule has 0 aliphatic rings. The van der Waals surface area contributed by atoms with Crippen molar-refractivity contribution in [2.24, 2.45) is 11.5 Å². The zero-order valence-corrected chi connectivity index (χ0v) is 22.4. The maximum Gasteiger partial charge on any atom is 0.199 e. The van der Waals surface area contributed by atoms with E-state index in [2.05, 4.69) is 9.97 Å². The number of fused-ring (bicyclic) bond motifs is 3. The zero-order valence-electron chi connectivity index (χ0n) is 20.7. The van der Waals surface area contributed by atoms with Gasteiger partial charge in [-0.3, -0.25) is 0 Å². The van der Waals surface area contributed by atoms with Gasteiger partial charge in [-0.2, -0.15) is 0 Å². The van der Waals surface area contributed by atoms with Crippen LogP contribution in [0, 0.1) is 13.8 Å². The number of aromatic nitrogens is 2. The Labute approximate surface area is 221 Å². The fourth-order valence-corrected chi connectivity index (χ4v) is 6.70. The van der Waals surface area contributed by atoms with Crippen molar-refractivity contribution in [3.63, 3.8) is 0 Å². The highest BCUT2D eigenvalue weighted by Gasteiger charge is 2.28. The molecule has 5 rings (SSSR count). The van der Waals surface area contributed by atoms with Crippen LogP contribution in [0.2, 0.25) is 0 Å². The molecule has 8 nitrogen and oxygen atoms in total. The lowest BCUT2D eigenvalue weighted by Gasteiger charge is -2.15. The number of benzene rings is 3. The van der Waals surface area contributed by atoms with E-state index < -0.39 is 30.4 Å². The molecule has 0 fully saturated rings. The first-order chi connectivity index (χ1) is 18.0. The van der Waals surface area contributed by atoms with Crippen molar-refractivity contribution < 1.29 is 16.8 Å². The average Bonchev–Trinajstić information content (AvgIpc) is 2.92. The van der Waals surface area contributed by atoms with Crippen molar-refractivity contribution in [2.45, 2.75) is 34.4 Å². The third kappa shape index (κ3) is 4.56. The maximum absolute atomic E-state index is 13.2. The van der Waals surface area contributed by atoms with Gasteiger partial charge in [0.25, 0.3) is 0 Å². The molecule has 0 saturated carbocycles. The molecule has 0 spiro atoms.